The molecule has 1 saturated heterocycles. The van der Waals surface area contributed by atoms with Crippen LogP contribution in [0.5, 0.6) is 0 Å². The number of oxime groups is 1. The summed E-state index contributed by atoms with van der Waals surface area (Å²) in [5.41, 5.74) is 8.32. The van der Waals surface area contributed by atoms with Crippen LogP contribution in [0.2, 0.25) is 0 Å². The maximum Gasteiger partial charge on any atom is 0.174 e. The quantitative estimate of drug-likeness (QED) is 0.332. The third kappa shape index (κ3) is 2.85. The monoisotopic (exact) mass is 278 g/mol. The molecule has 1 unspecified atom stereocenters. The summed E-state index contributed by atoms with van der Waals surface area (Å²) in [6.07, 6.45) is 2.03. The van der Waals surface area contributed by atoms with Crippen LogP contribution in [0.3, 0.4) is 0 Å². The van der Waals surface area contributed by atoms with Crippen molar-refractivity contribution in [3.05, 3.63) is 22.9 Å². The molecule has 6 nitrogen and oxygen atoms in total. The largest absolute Gasteiger partial charge is 0.409 e. The molecule has 110 valence electrons. The molecule has 0 spiro atoms. The van der Waals surface area contributed by atoms with Crippen molar-refractivity contribution >= 4 is 11.7 Å². The van der Waals surface area contributed by atoms with Crippen molar-refractivity contribution in [2.45, 2.75) is 26.7 Å². The average molecular weight is 278 g/mol. The molecular weight excluding hydrogens is 256 g/mol. The Morgan fingerprint density at radius 2 is 2.30 bits per heavy atom. The highest BCUT2D eigenvalue weighted by atomic mass is 16.4. The molecule has 6 heteroatoms. The molecule has 0 aromatic carbocycles. The standard InChI is InChI=1S/C14H22N4O2/c1-9-6-10(2)16-14(12(9)13(15)17-20)18-5-3-4-11(7-18)8-19/h6,11,19-20H,3-5,7-8H2,1-2H3,(H2,15,17). The summed E-state index contributed by atoms with van der Waals surface area (Å²) in [6.45, 7) is 5.66. The van der Waals surface area contributed by atoms with Crippen LogP contribution in [0.1, 0.15) is 29.7 Å². The summed E-state index contributed by atoms with van der Waals surface area (Å²) in [5.74, 6) is 1.08. The predicted molar refractivity (Wildman–Crippen MR) is 78.2 cm³/mol. The number of aliphatic hydroxyl groups is 1. The van der Waals surface area contributed by atoms with Gasteiger partial charge in [0.05, 0.1) is 5.56 Å². The fourth-order valence-corrected chi connectivity index (χ4v) is 2.82. The minimum Gasteiger partial charge on any atom is -0.409 e. The molecule has 1 aliphatic rings. The van der Waals surface area contributed by atoms with Gasteiger partial charge in [0.15, 0.2) is 5.84 Å². The second-order valence-electron chi connectivity index (χ2n) is 5.40. The molecule has 20 heavy (non-hydrogen) atoms. The number of nitrogens with zero attached hydrogens (tertiary/aromatic N) is 3. The van der Waals surface area contributed by atoms with Crippen LogP contribution in [0.4, 0.5) is 5.82 Å². The van der Waals surface area contributed by atoms with Crippen molar-refractivity contribution in [2.24, 2.45) is 16.8 Å². The number of anilines is 1. The summed E-state index contributed by atoms with van der Waals surface area (Å²) in [6, 6.07) is 1.92. The zero-order chi connectivity index (χ0) is 14.7. The number of hydrogen-bond donors (Lipinski definition) is 3. The van der Waals surface area contributed by atoms with Crippen LogP contribution in [0, 0.1) is 19.8 Å². The molecule has 2 rings (SSSR count). The molecule has 2 heterocycles. The van der Waals surface area contributed by atoms with Gasteiger partial charge in [-0.15, -0.1) is 0 Å². The minimum absolute atomic E-state index is 0.0797. The number of amidine groups is 1. The second kappa shape index (κ2) is 6.09. The highest BCUT2D eigenvalue weighted by molar-refractivity contribution is 6.02. The number of hydrogen-bond acceptors (Lipinski definition) is 5. The molecule has 0 amide bonds. The van der Waals surface area contributed by atoms with E-state index in [2.05, 4.69) is 15.0 Å². The Kier molecular flexibility index (Phi) is 4.44. The van der Waals surface area contributed by atoms with Crippen molar-refractivity contribution in [3.8, 4) is 0 Å². The Balaban J connectivity index is 2.44. The van der Waals surface area contributed by atoms with Gasteiger partial charge in [0.25, 0.3) is 0 Å². The lowest BCUT2D eigenvalue weighted by Gasteiger charge is -2.34. The highest BCUT2D eigenvalue weighted by Gasteiger charge is 2.24. The Bertz CT molecular complexity index is 516. The number of piperidine rings is 1. The molecule has 4 N–H and O–H groups in total. The van der Waals surface area contributed by atoms with Gasteiger partial charge >= 0.3 is 0 Å². The normalized spacial score (nSPS) is 20.2. The summed E-state index contributed by atoms with van der Waals surface area (Å²) in [5, 5.41) is 21.5. The van der Waals surface area contributed by atoms with Gasteiger partial charge < -0.3 is 20.9 Å². The molecule has 1 aliphatic heterocycles. The van der Waals surface area contributed by atoms with Crippen LogP contribution < -0.4 is 10.6 Å². The zero-order valence-corrected chi connectivity index (χ0v) is 12.0. The lowest BCUT2D eigenvalue weighted by atomic mass is 9.98. The van der Waals surface area contributed by atoms with E-state index >= 15 is 0 Å². The van der Waals surface area contributed by atoms with Crippen molar-refractivity contribution in [1.82, 2.24) is 4.98 Å². The Labute approximate surface area is 118 Å². The number of aromatic nitrogens is 1. The van der Waals surface area contributed by atoms with Crippen LogP contribution in [-0.4, -0.2) is 40.8 Å². The minimum atomic E-state index is 0.0797. The van der Waals surface area contributed by atoms with E-state index in [0.29, 0.717) is 5.56 Å². The lowest BCUT2D eigenvalue weighted by Crippen LogP contribution is -2.39. The van der Waals surface area contributed by atoms with E-state index in [4.69, 9.17) is 10.9 Å². The molecule has 1 aromatic rings. The summed E-state index contributed by atoms with van der Waals surface area (Å²) < 4.78 is 0. The maximum absolute atomic E-state index is 9.35. The van der Waals surface area contributed by atoms with Gasteiger partial charge in [0, 0.05) is 25.4 Å². The summed E-state index contributed by atoms with van der Waals surface area (Å²) >= 11 is 0. The summed E-state index contributed by atoms with van der Waals surface area (Å²) in [7, 11) is 0. The van der Waals surface area contributed by atoms with Crippen LogP contribution in [0.15, 0.2) is 11.2 Å². The first-order valence-electron chi connectivity index (χ1n) is 6.88. The van der Waals surface area contributed by atoms with Crippen molar-refractivity contribution < 1.29 is 10.3 Å². The maximum atomic E-state index is 9.35. The average Bonchev–Trinajstić information content (AvgIpc) is 2.45. The van der Waals surface area contributed by atoms with E-state index in [0.717, 1.165) is 43.0 Å². The zero-order valence-electron chi connectivity index (χ0n) is 12.0. The fourth-order valence-electron chi connectivity index (χ4n) is 2.82. The SMILES string of the molecule is Cc1cc(C)c(/C(N)=N/O)c(N2CCCC(CO)C2)n1. The van der Waals surface area contributed by atoms with Crippen molar-refractivity contribution in [2.75, 3.05) is 24.6 Å². The Hall–Kier alpha value is -1.82. The molecule has 0 saturated carbocycles. The van der Waals surface area contributed by atoms with Gasteiger partial charge in [-0.2, -0.15) is 0 Å². The van der Waals surface area contributed by atoms with E-state index in [1.807, 2.05) is 19.9 Å². The number of nitrogens with two attached hydrogens (primary N) is 1. The summed E-state index contributed by atoms with van der Waals surface area (Å²) in [4.78, 5) is 6.69. The van der Waals surface area contributed by atoms with Gasteiger partial charge in [-0.25, -0.2) is 4.98 Å². The first-order chi connectivity index (χ1) is 9.56. The Morgan fingerprint density at radius 3 is 2.95 bits per heavy atom. The smallest absolute Gasteiger partial charge is 0.174 e. The third-order valence-corrected chi connectivity index (χ3v) is 3.77. The topological polar surface area (TPSA) is 95.0 Å². The molecule has 1 fully saturated rings. The molecule has 1 aromatic heterocycles. The molecular formula is C14H22N4O2. The molecule has 0 radical (unpaired) electrons. The fraction of sp³-hybridized carbons (Fsp3) is 0.571. The second-order valence-corrected chi connectivity index (χ2v) is 5.40. The Morgan fingerprint density at radius 1 is 1.55 bits per heavy atom. The first kappa shape index (κ1) is 14.6. The predicted octanol–water partition coefficient (Wildman–Crippen LogP) is 1.00. The van der Waals surface area contributed by atoms with E-state index in [9.17, 15) is 5.11 Å². The molecule has 1 atom stereocenters. The van der Waals surface area contributed by atoms with Crippen molar-refractivity contribution in [3.63, 3.8) is 0 Å². The van der Waals surface area contributed by atoms with E-state index in [1.165, 1.54) is 0 Å². The highest BCUT2D eigenvalue weighted by Crippen LogP contribution is 2.27. The number of pyridine rings is 1. The van der Waals surface area contributed by atoms with E-state index in [-0.39, 0.29) is 18.4 Å². The molecule has 0 bridgehead atoms. The van der Waals surface area contributed by atoms with E-state index in [1.54, 1.807) is 0 Å². The van der Waals surface area contributed by atoms with Gasteiger partial charge in [0.2, 0.25) is 0 Å². The van der Waals surface area contributed by atoms with Gasteiger partial charge in [-0.05, 0) is 44.2 Å². The van der Waals surface area contributed by atoms with Crippen LogP contribution >= 0.6 is 0 Å². The van der Waals surface area contributed by atoms with E-state index < -0.39 is 0 Å². The van der Waals surface area contributed by atoms with Gasteiger partial charge in [-0.1, -0.05) is 5.16 Å². The van der Waals surface area contributed by atoms with Gasteiger partial charge in [-0.3, -0.25) is 0 Å². The van der Waals surface area contributed by atoms with Crippen LogP contribution in [-0.2, 0) is 0 Å². The van der Waals surface area contributed by atoms with Crippen LogP contribution in [0.25, 0.3) is 0 Å². The first-order valence-corrected chi connectivity index (χ1v) is 6.88. The van der Waals surface area contributed by atoms with Gasteiger partial charge in [0.1, 0.15) is 5.82 Å². The van der Waals surface area contributed by atoms with Crippen molar-refractivity contribution in [1.29, 1.82) is 0 Å². The molecule has 0 aliphatic carbocycles. The third-order valence-electron chi connectivity index (χ3n) is 3.77. The number of aryl methyl sites for hydroxylation is 2. The number of aliphatic hydroxyl groups excluding tert-OH is 1. The lowest BCUT2D eigenvalue weighted by molar-refractivity contribution is 0.208. The number of rotatable bonds is 3.